The van der Waals surface area contributed by atoms with Gasteiger partial charge < -0.3 is 30.2 Å². The van der Waals surface area contributed by atoms with Gasteiger partial charge in [0.15, 0.2) is 11.5 Å². The maximum absolute atomic E-state index is 13.2. The third kappa shape index (κ3) is 4.72. The second-order valence-electron chi connectivity index (χ2n) is 6.91. The first-order chi connectivity index (χ1) is 15.3. The summed E-state index contributed by atoms with van der Waals surface area (Å²) in [5, 5.41) is 12.5. The second-order valence-corrected chi connectivity index (χ2v) is 6.91. The number of carbonyl (C=O) groups is 1. The summed E-state index contributed by atoms with van der Waals surface area (Å²) in [5.41, 5.74) is 2.34. The van der Waals surface area contributed by atoms with E-state index in [2.05, 4.69) is 30.5 Å². The fourth-order valence-corrected chi connectivity index (χ4v) is 3.16. The quantitative estimate of drug-likeness (QED) is 0.480. The van der Waals surface area contributed by atoms with Crippen molar-refractivity contribution in [3.63, 3.8) is 0 Å². The zero-order chi connectivity index (χ0) is 22.7. The number of aromatic nitrogens is 2. The van der Waals surface area contributed by atoms with Crippen LogP contribution in [0, 0.1) is 0 Å². The Labute approximate surface area is 182 Å². The molecule has 1 aliphatic rings. The topological polar surface area (TPSA) is 98.7 Å². The molecule has 4 rings (SSSR count). The van der Waals surface area contributed by atoms with E-state index in [1.54, 1.807) is 29.1 Å². The molecule has 0 aliphatic carbocycles. The molecule has 2 aromatic carbocycles. The molecule has 3 N–H and O–H groups in total. The van der Waals surface area contributed by atoms with E-state index in [1.807, 2.05) is 20.2 Å². The molecule has 3 aromatic rings. The number of anilines is 2. The summed E-state index contributed by atoms with van der Waals surface area (Å²) in [6.45, 7) is 1.15. The molecule has 0 fully saturated rings. The molecule has 0 spiro atoms. The van der Waals surface area contributed by atoms with Gasteiger partial charge in [0.05, 0.1) is 5.69 Å². The molecule has 32 heavy (non-hydrogen) atoms. The average molecular weight is 445 g/mol. The number of aryl methyl sites for hydroxylation is 1. The highest BCUT2D eigenvalue weighted by molar-refractivity contribution is 6.00. The molecular weight excluding hydrogens is 424 g/mol. The van der Waals surface area contributed by atoms with E-state index in [0.717, 1.165) is 11.3 Å². The molecule has 2 amide bonds. The van der Waals surface area contributed by atoms with Crippen LogP contribution in [0.15, 0.2) is 48.7 Å². The van der Waals surface area contributed by atoms with E-state index in [1.165, 1.54) is 18.2 Å². The molecule has 0 saturated heterocycles. The standard InChI is InChI=1S/C21H21F2N5O4/c1-24-9-10-30-17-5-3-13(11-15(17)16-7-8-25-28(16)2)26-20(29)27-14-4-6-18-19(12-14)32-21(22,23)31-18/h3-8,11-12,24H,9-10H2,1-2H3,(H2,26,27,29). The molecule has 0 bridgehead atoms. The number of hydrogen-bond donors (Lipinski definition) is 3. The average Bonchev–Trinajstić information content (AvgIpc) is 3.29. The lowest BCUT2D eigenvalue weighted by atomic mass is 10.1. The van der Waals surface area contributed by atoms with E-state index >= 15 is 0 Å². The summed E-state index contributed by atoms with van der Waals surface area (Å²) in [5.74, 6) is 0.386. The number of nitrogens with zero attached hydrogens (tertiary/aromatic N) is 2. The lowest BCUT2D eigenvalue weighted by Gasteiger charge is -2.14. The summed E-state index contributed by atoms with van der Waals surface area (Å²) in [6, 6.07) is 10.5. The number of ether oxygens (including phenoxy) is 3. The van der Waals surface area contributed by atoms with Gasteiger partial charge >= 0.3 is 12.3 Å². The van der Waals surface area contributed by atoms with Crippen LogP contribution >= 0.6 is 0 Å². The largest absolute Gasteiger partial charge is 0.586 e. The smallest absolute Gasteiger partial charge is 0.492 e. The van der Waals surface area contributed by atoms with Gasteiger partial charge in [-0.05, 0) is 43.4 Å². The Hall–Kier alpha value is -3.86. The molecule has 2 heterocycles. The number of halogens is 2. The van der Waals surface area contributed by atoms with Crippen LogP contribution in [0.4, 0.5) is 25.0 Å². The van der Waals surface area contributed by atoms with Crippen molar-refractivity contribution < 1.29 is 27.8 Å². The Balaban J connectivity index is 1.49. The zero-order valence-corrected chi connectivity index (χ0v) is 17.3. The lowest BCUT2D eigenvalue weighted by molar-refractivity contribution is -0.286. The summed E-state index contributed by atoms with van der Waals surface area (Å²) >= 11 is 0. The Morgan fingerprint density at radius 2 is 1.81 bits per heavy atom. The molecule has 0 radical (unpaired) electrons. The summed E-state index contributed by atoms with van der Waals surface area (Å²) in [4.78, 5) is 12.5. The number of nitrogens with one attached hydrogen (secondary N) is 3. The Bertz CT molecular complexity index is 1140. The Morgan fingerprint density at radius 3 is 2.53 bits per heavy atom. The lowest BCUT2D eigenvalue weighted by Crippen LogP contribution is -2.25. The first-order valence-corrected chi connectivity index (χ1v) is 9.72. The molecule has 9 nitrogen and oxygen atoms in total. The van der Waals surface area contributed by atoms with Gasteiger partial charge in [-0.25, -0.2) is 4.79 Å². The maximum atomic E-state index is 13.2. The maximum Gasteiger partial charge on any atom is 0.586 e. The number of rotatable bonds is 7. The SMILES string of the molecule is CNCCOc1ccc(NC(=O)Nc2ccc3c(c2)OC(F)(F)O3)cc1-c1ccnn1C. The number of carbonyl (C=O) groups excluding carboxylic acids is 1. The fraction of sp³-hybridized carbons (Fsp3) is 0.238. The number of urea groups is 1. The van der Waals surface area contributed by atoms with Gasteiger partial charge in [-0.15, -0.1) is 8.78 Å². The number of fused-ring (bicyclic) bond motifs is 1. The number of benzene rings is 2. The molecule has 168 valence electrons. The van der Waals surface area contributed by atoms with Crippen molar-refractivity contribution in [1.29, 1.82) is 0 Å². The third-order valence-electron chi connectivity index (χ3n) is 4.60. The van der Waals surface area contributed by atoms with Crippen molar-refractivity contribution in [2.45, 2.75) is 6.29 Å². The van der Waals surface area contributed by atoms with E-state index in [9.17, 15) is 13.6 Å². The van der Waals surface area contributed by atoms with E-state index in [-0.39, 0.29) is 17.2 Å². The van der Waals surface area contributed by atoms with Crippen molar-refractivity contribution in [1.82, 2.24) is 15.1 Å². The van der Waals surface area contributed by atoms with Crippen LogP contribution in [-0.2, 0) is 7.05 Å². The van der Waals surface area contributed by atoms with Crippen molar-refractivity contribution in [2.24, 2.45) is 7.05 Å². The molecular formula is C21H21F2N5O4. The molecule has 0 unspecified atom stereocenters. The monoisotopic (exact) mass is 445 g/mol. The van der Waals surface area contributed by atoms with E-state index < -0.39 is 12.3 Å². The van der Waals surface area contributed by atoms with Crippen LogP contribution in [0.3, 0.4) is 0 Å². The number of likely N-dealkylation sites (N-methyl/N-ethyl adjacent to an activating group) is 1. The van der Waals surface area contributed by atoms with Gasteiger partial charge in [0.25, 0.3) is 0 Å². The van der Waals surface area contributed by atoms with Gasteiger partial charge in [0.1, 0.15) is 12.4 Å². The molecule has 11 heteroatoms. The van der Waals surface area contributed by atoms with Crippen LogP contribution in [0.25, 0.3) is 11.3 Å². The fourth-order valence-electron chi connectivity index (χ4n) is 3.16. The van der Waals surface area contributed by atoms with Gasteiger partial charge in [0.2, 0.25) is 0 Å². The second kappa shape index (κ2) is 8.71. The molecule has 1 aliphatic heterocycles. The number of hydrogen-bond acceptors (Lipinski definition) is 6. The first-order valence-electron chi connectivity index (χ1n) is 9.72. The van der Waals surface area contributed by atoms with Crippen LogP contribution in [-0.4, -0.2) is 42.3 Å². The van der Waals surface area contributed by atoms with Crippen molar-refractivity contribution in [3.8, 4) is 28.5 Å². The molecule has 1 aromatic heterocycles. The number of alkyl halides is 2. The number of amides is 2. The van der Waals surface area contributed by atoms with E-state index in [0.29, 0.717) is 24.6 Å². The van der Waals surface area contributed by atoms with Gasteiger partial charge in [-0.3, -0.25) is 4.68 Å². The summed E-state index contributed by atoms with van der Waals surface area (Å²) < 4.78 is 42.6. The van der Waals surface area contributed by atoms with Crippen molar-refractivity contribution in [2.75, 3.05) is 30.8 Å². The summed E-state index contributed by atoms with van der Waals surface area (Å²) in [6.07, 6.45) is -2.05. The minimum atomic E-state index is -3.72. The van der Waals surface area contributed by atoms with Crippen LogP contribution < -0.4 is 30.2 Å². The normalized spacial score (nSPS) is 13.6. The predicted octanol–water partition coefficient (Wildman–Crippen LogP) is 3.65. The van der Waals surface area contributed by atoms with Gasteiger partial charge in [-0.2, -0.15) is 5.10 Å². The van der Waals surface area contributed by atoms with E-state index in [4.69, 9.17) is 4.74 Å². The minimum absolute atomic E-state index is 0.101. The first kappa shape index (κ1) is 21.4. The highest BCUT2D eigenvalue weighted by atomic mass is 19.3. The minimum Gasteiger partial charge on any atom is -0.492 e. The summed E-state index contributed by atoms with van der Waals surface area (Å²) in [7, 11) is 3.64. The predicted molar refractivity (Wildman–Crippen MR) is 113 cm³/mol. The molecule has 0 atom stereocenters. The molecule has 0 saturated carbocycles. The highest BCUT2D eigenvalue weighted by Gasteiger charge is 2.43. The third-order valence-corrected chi connectivity index (χ3v) is 4.60. The van der Waals surface area contributed by atoms with Crippen molar-refractivity contribution in [3.05, 3.63) is 48.7 Å². The van der Waals surface area contributed by atoms with Gasteiger partial charge in [0, 0.05) is 42.8 Å². The van der Waals surface area contributed by atoms with Crippen LogP contribution in [0.1, 0.15) is 0 Å². The van der Waals surface area contributed by atoms with Crippen molar-refractivity contribution >= 4 is 17.4 Å². The highest BCUT2D eigenvalue weighted by Crippen LogP contribution is 2.42. The van der Waals surface area contributed by atoms with Gasteiger partial charge in [-0.1, -0.05) is 0 Å². The zero-order valence-electron chi connectivity index (χ0n) is 17.3. The van der Waals surface area contributed by atoms with Crippen LogP contribution in [0.2, 0.25) is 0 Å². The van der Waals surface area contributed by atoms with Crippen LogP contribution in [0.5, 0.6) is 17.2 Å². The Morgan fingerprint density at radius 1 is 1.09 bits per heavy atom. The Kier molecular flexibility index (Phi) is 5.82.